The highest BCUT2D eigenvalue weighted by atomic mass is 32.2. The zero-order chi connectivity index (χ0) is 31.3. The Kier molecular flexibility index (Phi) is 8.62. The molecule has 0 radical (unpaired) electrons. The monoisotopic (exact) mass is 609 g/mol. The summed E-state index contributed by atoms with van der Waals surface area (Å²) < 4.78 is 1.80. The summed E-state index contributed by atoms with van der Waals surface area (Å²) in [7, 11) is 0. The average Bonchev–Trinajstić information content (AvgIpc) is 3.40. The van der Waals surface area contributed by atoms with Crippen LogP contribution in [0.15, 0.2) is 138 Å². The molecule has 6 nitrogen and oxygen atoms in total. The molecule has 0 saturated carbocycles. The number of nitrogens with one attached hydrogen (secondary N) is 2. The number of carbonyl (C=O) groups excluding carboxylic acids is 3. The van der Waals surface area contributed by atoms with Crippen molar-refractivity contribution in [3.05, 3.63) is 150 Å². The first kappa shape index (κ1) is 29.7. The van der Waals surface area contributed by atoms with Crippen LogP contribution in [-0.4, -0.2) is 27.5 Å². The Hall–Kier alpha value is -5.40. The number of aryl methyl sites for hydroxylation is 1. The summed E-state index contributed by atoms with van der Waals surface area (Å²) in [6.07, 6.45) is 1.65. The molecule has 6 rings (SSSR count). The lowest BCUT2D eigenvalue weighted by molar-refractivity contribution is -0.113. The lowest BCUT2D eigenvalue weighted by Gasteiger charge is -2.15. The molecular formula is C38H31N3O3S. The second-order valence-corrected chi connectivity index (χ2v) is 12.2. The quantitative estimate of drug-likeness (QED) is 0.134. The highest BCUT2D eigenvalue weighted by molar-refractivity contribution is 8.00. The average molecular weight is 610 g/mol. The molecule has 0 bridgehead atoms. The van der Waals surface area contributed by atoms with Gasteiger partial charge in [0.2, 0.25) is 5.91 Å². The second kappa shape index (κ2) is 13.1. The molecule has 1 atom stereocenters. The van der Waals surface area contributed by atoms with Crippen LogP contribution in [0.1, 0.15) is 33.2 Å². The van der Waals surface area contributed by atoms with Crippen LogP contribution < -0.4 is 10.6 Å². The molecule has 0 saturated heterocycles. The number of benzene rings is 5. The number of hydrogen-bond donors (Lipinski definition) is 2. The predicted octanol–water partition coefficient (Wildman–Crippen LogP) is 8.33. The standard InChI is InChI=1S/C38H31N3O3S/c1-25-19-21-27(22-20-25)23-33(40-36(42)28-11-4-3-5-12-28)37(43)39-29-13-10-14-30(24-29)45-26(2)38(44)41-34-17-8-6-15-31(34)32-16-7-9-18-35(32)41/h3-24,26H,1-2H3,(H,39,43)(H,40,42)/b33-23+. The van der Waals surface area contributed by atoms with Crippen molar-refractivity contribution in [2.45, 2.75) is 24.0 Å². The van der Waals surface area contributed by atoms with Crippen molar-refractivity contribution in [2.24, 2.45) is 0 Å². The van der Waals surface area contributed by atoms with E-state index in [0.29, 0.717) is 11.3 Å². The van der Waals surface area contributed by atoms with E-state index in [0.717, 1.165) is 37.8 Å². The number of carbonyl (C=O) groups is 3. The van der Waals surface area contributed by atoms with Gasteiger partial charge >= 0.3 is 0 Å². The van der Waals surface area contributed by atoms with Crippen LogP contribution in [-0.2, 0) is 4.79 Å². The number of fused-ring (bicyclic) bond motifs is 3. The summed E-state index contributed by atoms with van der Waals surface area (Å²) in [5.74, 6) is -0.874. The van der Waals surface area contributed by atoms with Gasteiger partial charge in [0.25, 0.3) is 11.8 Å². The first-order valence-corrected chi connectivity index (χ1v) is 15.5. The van der Waals surface area contributed by atoms with Crippen molar-refractivity contribution in [3.8, 4) is 0 Å². The first-order valence-electron chi connectivity index (χ1n) is 14.6. The first-order chi connectivity index (χ1) is 21.9. The van der Waals surface area contributed by atoms with Crippen molar-refractivity contribution in [3.63, 3.8) is 0 Å². The van der Waals surface area contributed by atoms with E-state index in [1.165, 1.54) is 11.8 Å². The van der Waals surface area contributed by atoms with Crippen molar-refractivity contribution in [1.29, 1.82) is 0 Å². The van der Waals surface area contributed by atoms with E-state index in [2.05, 4.69) is 10.6 Å². The molecule has 2 N–H and O–H groups in total. The molecule has 5 aromatic carbocycles. The summed E-state index contributed by atoms with van der Waals surface area (Å²) in [6.45, 7) is 3.88. The van der Waals surface area contributed by atoms with Gasteiger partial charge in [-0.2, -0.15) is 0 Å². The van der Waals surface area contributed by atoms with Crippen molar-refractivity contribution < 1.29 is 14.4 Å². The van der Waals surface area contributed by atoms with Crippen molar-refractivity contribution >= 4 is 63.1 Å². The molecule has 1 unspecified atom stereocenters. The topological polar surface area (TPSA) is 80.2 Å². The van der Waals surface area contributed by atoms with E-state index >= 15 is 0 Å². The minimum Gasteiger partial charge on any atom is -0.321 e. The van der Waals surface area contributed by atoms with Gasteiger partial charge in [-0.05, 0) is 68.0 Å². The predicted molar refractivity (Wildman–Crippen MR) is 184 cm³/mol. The summed E-state index contributed by atoms with van der Waals surface area (Å²) in [6, 6.07) is 39.7. The van der Waals surface area contributed by atoms with Crippen molar-refractivity contribution in [2.75, 3.05) is 5.32 Å². The number of amides is 2. The Morgan fingerprint density at radius 2 is 1.36 bits per heavy atom. The number of thioether (sulfide) groups is 1. The number of nitrogens with zero attached hydrogens (tertiary/aromatic N) is 1. The third-order valence-corrected chi connectivity index (χ3v) is 8.55. The minimum atomic E-state index is -0.462. The van der Waals surface area contributed by atoms with E-state index in [9.17, 15) is 14.4 Å². The molecule has 1 aromatic heterocycles. The van der Waals surface area contributed by atoms with Gasteiger partial charge in [0.05, 0.1) is 16.3 Å². The van der Waals surface area contributed by atoms with Crippen LogP contribution in [0.5, 0.6) is 0 Å². The maximum atomic E-state index is 13.8. The Labute approximate surface area is 265 Å². The number of rotatable bonds is 8. The molecule has 0 spiro atoms. The fraction of sp³-hybridized carbons (Fsp3) is 0.0789. The van der Waals surface area contributed by atoms with E-state index in [1.807, 2.05) is 111 Å². The molecule has 0 aliphatic rings. The van der Waals surface area contributed by atoms with E-state index < -0.39 is 11.2 Å². The number of hydrogen-bond acceptors (Lipinski definition) is 4. The Bertz CT molecular complexity index is 2010. The molecule has 0 aliphatic heterocycles. The summed E-state index contributed by atoms with van der Waals surface area (Å²) in [5, 5.41) is 7.38. The molecule has 2 amide bonds. The van der Waals surface area contributed by atoms with Gasteiger partial charge in [-0.15, -0.1) is 11.8 Å². The molecule has 45 heavy (non-hydrogen) atoms. The molecule has 6 aromatic rings. The number of anilines is 1. The lowest BCUT2D eigenvalue weighted by Crippen LogP contribution is -2.30. The summed E-state index contributed by atoms with van der Waals surface area (Å²) >= 11 is 1.42. The van der Waals surface area contributed by atoms with Crippen LogP contribution in [0, 0.1) is 6.92 Å². The van der Waals surface area contributed by atoms with Crippen LogP contribution in [0.2, 0.25) is 0 Å². The van der Waals surface area contributed by atoms with E-state index in [4.69, 9.17) is 0 Å². The van der Waals surface area contributed by atoms with Gasteiger partial charge in [-0.1, -0.05) is 90.5 Å². The van der Waals surface area contributed by atoms with Gasteiger partial charge in [0.15, 0.2) is 0 Å². The fourth-order valence-corrected chi connectivity index (χ4v) is 6.18. The second-order valence-electron chi connectivity index (χ2n) is 10.7. The molecule has 7 heteroatoms. The Morgan fingerprint density at radius 1 is 0.733 bits per heavy atom. The zero-order valence-corrected chi connectivity index (χ0v) is 25.7. The smallest absolute Gasteiger partial charge is 0.272 e. The van der Waals surface area contributed by atoms with E-state index in [1.54, 1.807) is 41.0 Å². The SMILES string of the molecule is Cc1ccc(/C=C(/NC(=O)c2ccccc2)C(=O)Nc2cccc(SC(C)C(=O)n3c4ccccc4c4ccccc43)c2)cc1. The maximum Gasteiger partial charge on any atom is 0.272 e. The molecule has 0 fully saturated rings. The van der Waals surface area contributed by atoms with E-state index in [-0.39, 0.29) is 17.5 Å². The Balaban J connectivity index is 1.22. The maximum absolute atomic E-state index is 13.8. The number of aromatic nitrogens is 1. The molecule has 0 aliphatic carbocycles. The van der Waals surface area contributed by atoms with Gasteiger partial charge in [-0.25, -0.2) is 0 Å². The third kappa shape index (κ3) is 6.59. The summed E-state index contributed by atoms with van der Waals surface area (Å²) in [4.78, 5) is 41.2. The van der Waals surface area contributed by atoms with Crippen LogP contribution >= 0.6 is 11.8 Å². The Morgan fingerprint density at radius 3 is 2.02 bits per heavy atom. The highest BCUT2D eigenvalue weighted by Crippen LogP contribution is 2.32. The third-order valence-electron chi connectivity index (χ3n) is 7.47. The highest BCUT2D eigenvalue weighted by Gasteiger charge is 2.22. The fourth-order valence-electron chi connectivity index (χ4n) is 5.21. The zero-order valence-electron chi connectivity index (χ0n) is 24.9. The summed E-state index contributed by atoms with van der Waals surface area (Å²) in [5.41, 5.74) is 4.73. The van der Waals surface area contributed by atoms with Crippen LogP contribution in [0.3, 0.4) is 0 Å². The molecular weight excluding hydrogens is 579 g/mol. The van der Waals surface area contributed by atoms with Gasteiger partial charge in [0, 0.05) is 26.9 Å². The minimum absolute atomic E-state index is 0.0289. The van der Waals surface area contributed by atoms with Crippen LogP contribution in [0.4, 0.5) is 5.69 Å². The van der Waals surface area contributed by atoms with Crippen LogP contribution in [0.25, 0.3) is 27.9 Å². The molecule has 222 valence electrons. The number of para-hydroxylation sites is 2. The molecule has 1 heterocycles. The van der Waals surface area contributed by atoms with Crippen molar-refractivity contribution in [1.82, 2.24) is 9.88 Å². The van der Waals surface area contributed by atoms with Gasteiger partial charge < -0.3 is 10.6 Å². The largest absolute Gasteiger partial charge is 0.321 e. The van der Waals surface area contributed by atoms with Gasteiger partial charge in [0.1, 0.15) is 5.70 Å². The lowest BCUT2D eigenvalue weighted by atomic mass is 10.1. The normalized spacial score (nSPS) is 12.2. The van der Waals surface area contributed by atoms with Gasteiger partial charge in [-0.3, -0.25) is 19.0 Å².